The molecule has 1 aromatic heterocycles. The van der Waals surface area contributed by atoms with Crippen LogP contribution in [-0.2, 0) is 9.53 Å². The fourth-order valence-electron chi connectivity index (χ4n) is 4.51. The molecule has 0 radical (unpaired) electrons. The molecule has 2 aromatic rings. The molecule has 1 atom stereocenters. The number of aromatic nitrogens is 2. The van der Waals surface area contributed by atoms with E-state index in [-0.39, 0.29) is 29.2 Å². The first kappa shape index (κ1) is 21.5. The summed E-state index contributed by atoms with van der Waals surface area (Å²) in [5.41, 5.74) is 4.95. The second-order valence-corrected chi connectivity index (χ2v) is 8.42. The van der Waals surface area contributed by atoms with E-state index in [0.717, 1.165) is 45.4 Å². The summed E-state index contributed by atoms with van der Waals surface area (Å²) in [6.07, 6.45) is 3.55. The normalized spacial score (nSPS) is 20.3. The van der Waals surface area contributed by atoms with Crippen LogP contribution in [0.3, 0.4) is 0 Å². The number of rotatable bonds is 4. The van der Waals surface area contributed by atoms with Gasteiger partial charge in [-0.1, -0.05) is 18.2 Å². The Morgan fingerprint density at radius 1 is 1.10 bits per heavy atom. The smallest absolute Gasteiger partial charge is 0.290 e. The number of hydrogen-bond acceptors (Lipinski definition) is 6. The van der Waals surface area contributed by atoms with Crippen LogP contribution in [0.15, 0.2) is 29.1 Å². The Balaban J connectivity index is 1.50. The first-order valence-electron chi connectivity index (χ1n) is 10.9. The molecule has 2 aliphatic heterocycles. The van der Waals surface area contributed by atoms with E-state index in [2.05, 4.69) is 20.9 Å². The van der Waals surface area contributed by atoms with Crippen molar-refractivity contribution in [2.45, 2.75) is 57.7 Å². The molecule has 4 rings (SSSR count). The van der Waals surface area contributed by atoms with Crippen molar-refractivity contribution in [3.63, 3.8) is 0 Å². The molecule has 2 saturated heterocycles. The molecule has 0 saturated carbocycles. The zero-order valence-corrected chi connectivity index (χ0v) is 18.0. The Hall–Kier alpha value is -2.78. The topological polar surface area (TPSA) is 106 Å². The summed E-state index contributed by atoms with van der Waals surface area (Å²) >= 11 is 0. The Morgan fingerprint density at radius 2 is 1.81 bits per heavy atom. The summed E-state index contributed by atoms with van der Waals surface area (Å²) < 4.78 is 6.73. The van der Waals surface area contributed by atoms with Gasteiger partial charge in [0.2, 0.25) is 0 Å². The molecule has 31 heavy (non-hydrogen) atoms. The second-order valence-electron chi connectivity index (χ2n) is 8.42. The van der Waals surface area contributed by atoms with Gasteiger partial charge in [-0.05, 0) is 52.1 Å². The maximum Gasteiger partial charge on any atom is 0.290 e. The molecule has 2 fully saturated rings. The van der Waals surface area contributed by atoms with Crippen LogP contribution >= 0.6 is 0 Å². The number of likely N-dealkylation sites (tertiary alicyclic amines) is 1. The molecular weight excluding hydrogens is 398 g/mol. The van der Waals surface area contributed by atoms with Gasteiger partial charge < -0.3 is 4.74 Å². The Morgan fingerprint density at radius 3 is 2.52 bits per heavy atom. The lowest BCUT2D eigenvalue weighted by Gasteiger charge is -2.34. The van der Waals surface area contributed by atoms with E-state index in [0.29, 0.717) is 16.8 Å². The van der Waals surface area contributed by atoms with Crippen molar-refractivity contribution in [1.29, 1.82) is 0 Å². The number of fused-ring (bicyclic) bond motifs is 1. The lowest BCUT2D eigenvalue weighted by molar-refractivity contribution is -0.127. The van der Waals surface area contributed by atoms with Crippen molar-refractivity contribution < 1.29 is 14.3 Å². The van der Waals surface area contributed by atoms with Crippen LogP contribution in [0, 0.1) is 0 Å². The number of amides is 2. The minimum absolute atomic E-state index is 0.108. The van der Waals surface area contributed by atoms with Gasteiger partial charge in [-0.15, -0.1) is 0 Å². The van der Waals surface area contributed by atoms with E-state index in [4.69, 9.17) is 4.74 Å². The third-order valence-electron chi connectivity index (χ3n) is 6.09. The Labute approximate surface area is 180 Å². The van der Waals surface area contributed by atoms with Crippen LogP contribution < -0.4 is 16.4 Å². The van der Waals surface area contributed by atoms with Crippen molar-refractivity contribution in [3.05, 3.63) is 40.3 Å². The predicted octanol–water partition coefficient (Wildman–Crippen LogP) is 1.38. The quantitative estimate of drug-likeness (QED) is 0.715. The summed E-state index contributed by atoms with van der Waals surface area (Å²) in [7, 11) is 0. The summed E-state index contributed by atoms with van der Waals surface area (Å²) in [4.78, 5) is 40.7. The predicted molar refractivity (Wildman–Crippen MR) is 116 cm³/mol. The van der Waals surface area contributed by atoms with E-state index in [1.807, 2.05) is 13.8 Å². The Kier molecular flexibility index (Phi) is 6.33. The molecule has 0 aliphatic carbocycles. The highest BCUT2D eigenvalue weighted by Crippen LogP contribution is 2.25. The first-order chi connectivity index (χ1) is 15.0. The maximum atomic E-state index is 12.9. The molecule has 1 aromatic carbocycles. The number of carbonyl (C=O) groups excluding carboxylic acids is 2. The van der Waals surface area contributed by atoms with Gasteiger partial charge in [-0.25, -0.2) is 4.68 Å². The fraction of sp³-hybridized carbons (Fsp3) is 0.545. The molecule has 3 heterocycles. The average molecular weight is 428 g/mol. The molecule has 2 amide bonds. The van der Waals surface area contributed by atoms with E-state index >= 15 is 0 Å². The number of carbonyl (C=O) groups is 2. The van der Waals surface area contributed by atoms with Crippen molar-refractivity contribution in [2.24, 2.45) is 0 Å². The average Bonchev–Trinajstić information content (AvgIpc) is 3.28. The number of nitrogens with one attached hydrogen (secondary N) is 2. The first-order valence-corrected chi connectivity index (χ1v) is 10.9. The van der Waals surface area contributed by atoms with Gasteiger partial charge in [0, 0.05) is 24.6 Å². The molecule has 9 nitrogen and oxygen atoms in total. The highest BCUT2D eigenvalue weighted by molar-refractivity contribution is 6.05. The van der Waals surface area contributed by atoms with Crippen LogP contribution in [0.25, 0.3) is 10.8 Å². The van der Waals surface area contributed by atoms with E-state index < -0.39 is 5.91 Å². The minimum atomic E-state index is -0.547. The minimum Gasteiger partial charge on any atom is -0.381 e. The summed E-state index contributed by atoms with van der Waals surface area (Å²) in [6.45, 7) is 5.98. The third-order valence-corrected chi connectivity index (χ3v) is 6.09. The van der Waals surface area contributed by atoms with Crippen molar-refractivity contribution in [2.75, 3.05) is 19.8 Å². The van der Waals surface area contributed by atoms with Crippen molar-refractivity contribution in [3.8, 4) is 0 Å². The van der Waals surface area contributed by atoms with Gasteiger partial charge in [0.25, 0.3) is 17.4 Å². The largest absolute Gasteiger partial charge is 0.381 e. The zero-order chi connectivity index (χ0) is 22.0. The molecule has 0 unspecified atom stereocenters. The monoisotopic (exact) mass is 427 g/mol. The van der Waals surface area contributed by atoms with Crippen LogP contribution in [0.4, 0.5) is 0 Å². The van der Waals surface area contributed by atoms with Crippen LogP contribution in [0.2, 0.25) is 0 Å². The van der Waals surface area contributed by atoms with Crippen molar-refractivity contribution >= 4 is 22.6 Å². The van der Waals surface area contributed by atoms with Gasteiger partial charge in [0.05, 0.1) is 17.5 Å². The summed E-state index contributed by atoms with van der Waals surface area (Å²) in [6, 6.07) is 6.74. The standard InChI is InChI=1S/C22H29N5O4/c1-14(2)27-22(30)17-7-4-3-6-16(17)19(25-27)21(29)24-23-20(28)18-8-5-11-26(18)15-9-12-31-13-10-15/h3-4,6-7,14-15,18H,5,8-13H2,1-2H3,(H,23,28)(H,24,29)/t18-/m0/s1. The number of nitrogens with zero attached hydrogens (tertiary/aromatic N) is 3. The van der Waals surface area contributed by atoms with Gasteiger partial charge >= 0.3 is 0 Å². The molecule has 2 aliphatic rings. The van der Waals surface area contributed by atoms with Crippen LogP contribution in [0.5, 0.6) is 0 Å². The number of ether oxygens (including phenoxy) is 1. The molecule has 0 spiro atoms. The molecule has 0 bridgehead atoms. The van der Waals surface area contributed by atoms with E-state index in [1.54, 1.807) is 24.3 Å². The lowest BCUT2D eigenvalue weighted by Crippen LogP contribution is -2.53. The van der Waals surface area contributed by atoms with Gasteiger partial charge in [-0.3, -0.25) is 30.1 Å². The van der Waals surface area contributed by atoms with E-state index in [9.17, 15) is 14.4 Å². The SMILES string of the molecule is CC(C)n1nc(C(=O)NNC(=O)[C@@H]2CCCN2C2CCOCC2)c2ccccc2c1=O. The third kappa shape index (κ3) is 4.33. The highest BCUT2D eigenvalue weighted by atomic mass is 16.5. The second kappa shape index (κ2) is 9.15. The van der Waals surface area contributed by atoms with Gasteiger partial charge in [0.15, 0.2) is 5.69 Å². The highest BCUT2D eigenvalue weighted by Gasteiger charge is 2.36. The lowest BCUT2D eigenvalue weighted by atomic mass is 10.1. The molecule has 166 valence electrons. The number of benzene rings is 1. The summed E-state index contributed by atoms with van der Waals surface area (Å²) in [5, 5.41) is 5.16. The maximum absolute atomic E-state index is 12.9. The van der Waals surface area contributed by atoms with Gasteiger partial charge in [-0.2, -0.15) is 5.10 Å². The summed E-state index contributed by atoms with van der Waals surface area (Å²) in [5.74, 6) is -0.770. The zero-order valence-electron chi connectivity index (χ0n) is 18.0. The number of hydrazine groups is 1. The van der Waals surface area contributed by atoms with Crippen LogP contribution in [0.1, 0.15) is 56.1 Å². The molecular formula is C22H29N5O4. The number of hydrogen-bond donors (Lipinski definition) is 2. The van der Waals surface area contributed by atoms with E-state index in [1.165, 1.54) is 4.68 Å². The molecule has 9 heteroatoms. The van der Waals surface area contributed by atoms with Crippen molar-refractivity contribution in [1.82, 2.24) is 25.5 Å². The van der Waals surface area contributed by atoms with Gasteiger partial charge in [0.1, 0.15) is 0 Å². The fourth-order valence-corrected chi connectivity index (χ4v) is 4.51. The Bertz CT molecular complexity index is 1030. The van der Waals surface area contributed by atoms with Crippen LogP contribution in [-0.4, -0.2) is 58.3 Å². The molecule has 2 N–H and O–H groups in total.